The number of rotatable bonds is 7. The van der Waals surface area contributed by atoms with Gasteiger partial charge in [0.2, 0.25) is 5.91 Å². The molecule has 0 atom stereocenters. The number of primary amides is 1. The van der Waals surface area contributed by atoms with E-state index in [0.29, 0.717) is 24.6 Å². The summed E-state index contributed by atoms with van der Waals surface area (Å²) in [5, 5.41) is 0. The van der Waals surface area contributed by atoms with Crippen molar-refractivity contribution in [2.24, 2.45) is 11.1 Å². The van der Waals surface area contributed by atoms with Gasteiger partial charge in [-0.15, -0.1) is 0 Å². The van der Waals surface area contributed by atoms with E-state index in [2.05, 4.69) is 4.98 Å². The van der Waals surface area contributed by atoms with E-state index < -0.39 is 17.4 Å². The number of nitrogens with two attached hydrogens (primary N) is 1. The predicted octanol–water partition coefficient (Wildman–Crippen LogP) is 3.01. The second-order valence-corrected chi connectivity index (χ2v) is 8.02. The first kappa shape index (κ1) is 19.3. The fourth-order valence-corrected chi connectivity index (χ4v) is 3.34. The van der Waals surface area contributed by atoms with E-state index >= 15 is 0 Å². The van der Waals surface area contributed by atoms with Crippen molar-refractivity contribution in [2.75, 3.05) is 0 Å². The molecule has 1 saturated carbocycles. The standard InChI is InChI=1S/C19H23F2N3O3/c1-18(2,10-14(22)25)9-12-15(11-6-7-11)23-16-13(27-19(3,20)21)5-4-8-24(16)17(12)26/h4-5,8,11H,6-7,9-10H2,1-3H3,(H2,22,25). The largest absolute Gasteiger partial charge is 0.429 e. The minimum Gasteiger partial charge on any atom is -0.429 e. The highest BCUT2D eigenvalue weighted by Gasteiger charge is 2.34. The van der Waals surface area contributed by atoms with Crippen LogP contribution in [0.25, 0.3) is 5.65 Å². The van der Waals surface area contributed by atoms with Crippen molar-refractivity contribution in [2.45, 2.75) is 58.5 Å². The van der Waals surface area contributed by atoms with Crippen molar-refractivity contribution in [3.63, 3.8) is 0 Å². The Morgan fingerprint density at radius 2 is 2.04 bits per heavy atom. The Bertz CT molecular complexity index is 944. The molecule has 0 bridgehead atoms. The van der Waals surface area contributed by atoms with Crippen LogP contribution >= 0.6 is 0 Å². The summed E-state index contributed by atoms with van der Waals surface area (Å²) in [6, 6.07) is 2.83. The number of halogens is 2. The summed E-state index contributed by atoms with van der Waals surface area (Å²) in [4.78, 5) is 29.0. The minimum atomic E-state index is -3.39. The van der Waals surface area contributed by atoms with Crippen LogP contribution in [0.1, 0.15) is 57.2 Å². The zero-order valence-corrected chi connectivity index (χ0v) is 15.6. The first-order valence-corrected chi connectivity index (χ1v) is 8.86. The van der Waals surface area contributed by atoms with Crippen LogP contribution in [-0.4, -0.2) is 21.4 Å². The molecule has 3 rings (SSSR count). The van der Waals surface area contributed by atoms with Crippen LogP contribution in [-0.2, 0) is 11.2 Å². The van der Waals surface area contributed by atoms with E-state index in [1.165, 1.54) is 22.7 Å². The van der Waals surface area contributed by atoms with Crippen LogP contribution in [0.4, 0.5) is 8.78 Å². The molecule has 27 heavy (non-hydrogen) atoms. The average molecular weight is 379 g/mol. The number of amides is 1. The van der Waals surface area contributed by atoms with Gasteiger partial charge in [0, 0.05) is 31.0 Å². The molecule has 2 aromatic rings. The maximum absolute atomic E-state index is 13.3. The number of pyridine rings is 1. The Morgan fingerprint density at radius 1 is 1.37 bits per heavy atom. The van der Waals surface area contributed by atoms with Gasteiger partial charge in [0.05, 0.1) is 5.69 Å². The molecule has 0 spiro atoms. The highest BCUT2D eigenvalue weighted by atomic mass is 19.3. The van der Waals surface area contributed by atoms with E-state index in [-0.39, 0.29) is 29.3 Å². The molecule has 0 unspecified atom stereocenters. The van der Waals surface area contributed by atoms with Crippen molar-refractivity contribution in [1.82, 2.24) is 9.38 Å². The number of nitrogens with zero attached hydrogens (tertiary/aromatic N) is 2. The molecule has 146 valence electrons. The molecule has 2 aromatic heterocycles. The lowest BCUT2D eigenvalue weighted by Crippen LogP contribution is -2.30. The molecule has 0 aromatic carbocycles. The van der Waals surface area contributed by atoms with Crippen LogP contribution in [0, 0.1) is 5.41 Å². The lowest BCUT2D eigenvalue weighted by atomic mass is 9.82. The van der Waals surface area contributed by atoms with Gasteiger partial charge in [0.25, 0.3) is 5.56 Å². The maximum atomic E-state index is 13.3. The lowest BCUT2D eigenvalue weighted by Gasteiger charge is -2.24. The summed E-state index contributed by atoms with van der Waals surface area (Å²) in [5.74, 6) is -0.466. The molecule has 1 fully saturated rings. The number of fused-ring (bicyclic) bond motifs is 1. The molecule has 8 heteroatoms. The topological polar surface area (TPSA) is 86.7 Å². The SMILES string of the molecule is CC(C)(CC(N)=O)Cc1c(C2CC2)nc2c(OC(C)(F)F)cccn2c1=O. The van der Waals surface area contributed by atoms with Gasteiger partial charge in [-0.1, -0.05) is 13.8 Å². The molecular formula is C19H23F2N3O3. The van der Waals surface area contributed by atoms with Gasteiger partial charge in [0.15, 0.2) is 11.4 Å². The molecule has 0 radical (unpaired) electrons. The predicted molar refractivity (Wildman–Crippen MR) is 96.0 cm³/mol. The summed E-state index contributed by atoms with van der Waals surface area (Å²) in [6.45, 7) is 4.36. The molecule has 6 nitrogen and oxygen atoms in total. The fraction of sp³-hybridized carbons (Fsp3) is 0.526. The summed E-state index contributed by atoms with van der Waals surface area (Å²) >= 11 is 0. The van der Waals surface area contributed by atoms with Crippen molar-refractivity contribution < 1.29 is 18.3 Å². The zero-order valence-electron chi connectivity index (χ0n) is 15.6. The van der Waals surface area contributed by atoms with Crippen molar-refractivity contribution in [1.29, 1.82) is 0 Å². The monoisotopic (exact) mass is 379 g/mol. The Morgan fingerprint density at radius 3 is 2.59 bits per heavy atom. The second-order valence-electron chi connectivity index (χ2n) is 8.02. The molecule has 1 amide bonds. The van der Waals surface area contributed by atoms with Crippen molar-refractivity contribution >= 4 is 11.6 Å². The first-order valence-electron chi connectivity index (χ1n) is 8.86. The minimum absolute atomic E-state index is 0.0717. The first-order chi connectivity index (χ1) is 12.5. The number of hydrogen-bond donors (Lipinski definition) is 1. The third-order valence-electron chi connectivity index (χ3n) is 4.51. The molecule has 2 N–H and O–H groups in total. The van der Waals surface area contributed by atoms with Gasteiger partial charge in [-0.2, -0.15) is 8.78 Å². The van der Waals surface area contributed by atoms with Crippen LogP contribution < -0.4 is 16.0 Å². The van der Waals surface area contributed by atoms with Crippen molar-refractivity contribution in [3.05, 3.63) is 39.9 Å². The van der Waals surface area contributed by atoms with E-state index in [9.17, 15) is 18.4 Å². The van der Waals surface area contributed by atoms with Crippen LogP contribution in [0.3, 0.4) is 0 Å². The highest BCUT2D eigenvalue weighted by molar-refractivity contribution is 5.74. The number of aromatic nitrogens is 2. The van der Waals surface area contributed by atoms with Crippen LogP contribution in [0.15, 0.2) is 23.1 Å². The Balaban J connectivity index is 2.15. The number of hydrogen-bond acceptors (Lipinski definition) is 4. The van der Waals surface area contributed by atoms with Gasteiger partial charge >= 0.3 is 6.11 Å². The summed E-state index contributed by atoms with van der Waals surface area (Å²) in [6.07, 6.45) is 0.321. The molecular weight excluding hydrogens is 356 g/mol. The normalized spacial score (nSPS) is 15.1. The number of carbonyl (C=O) groups excluding carboxylic acids is 1. The second kappa shape index (κ2) is 6.58. The number of ether oxygens (including phenoxy) is 1. The number of alkyl halides is 2. The van der Waals surface area contributed by atoms with Crippen molar-refractivity contribution in [3.8, 4) is 5.75 Å². The summed E-state index contributed by atoms with van der Waals surface area (Å²) < 4.78 is 32.6. The Hall–Kier alpha value is -2.51. The van der Waals surface area contributed by atoms with Gasteiger partial charge in [-0.3, -0.25) is 14.0 Å². The van der Waals surface area contributed by atoms with E-state index in [4.69, 9.17) is 10.5 Å². The Labute approximate surface area is 155 Å². The lowest BCUT2D eigenvalue weighted by molar-refractivity contribution is -0.158. The summed E-state index contributed by atoms with van der Waals surface area (Å²) in [7, 11) is 0. The molecule has 1 aliphatic rings. The molecule has 0 aliphatic heterocycles. The van der Waals surface area contributed by atoms with Crippen LogP contribution in [0.5, 0.6) is 5.75 Å². The quantitative estimate of drug-likeness (QED) is 0.801. The van der Waals surface area contributed by atoms with E-state index in [0.717, 1.165) is 12.8 Å². The number of carbonyl (C=O) groups is 1. The Kier molecular flexibility index (Phi) is 4.69. The summed E-state index contributed by atoms with van der Waals surface area (Å²) in [5.41, 5.74) is 5.65. The smallest absolute Gasteiger partial charge is 0.395 e. The third kappa shape index (κ3) is 4.43. The fourth-order valence-electron chi connectivity index (χ4n) is 3.34. The van der Waals surface area contributed by atoms with Gasteiger partial charge in [-0.25, -0.2) is 4.98 Å². The van der Waals surface area contributed by atoms with Gasteiger partial charge in [0.1, 0.15) is 0 Å². The maximum Gasteiger partial charge on any atom is 0.395 e. The molecule has 1 aliphatic carbocycles. The van der Waals surface area contributed by atoms with Gasteiger partial charge in [-0.05, 0) is 36.8 Å². The molecule has 0 saturated heterocycles. The van der Waals surface area contributed by atoms with E-state index in [1.807, 2.05) is 13.8 Å². The highest BCUT2D eigenvalue weighted by Crippen LogP contribution is 2.42. The molecule has 2 heterocycles. The third-order valence-corrected chi connectivity index (χ3v) is 4.51. The average Bonchev–Trinajstić information content (AvgIpc) is 3.32. The van der Waals surface area contributed by atoms with Gasteiger partial charge < -0.3 is 10.5 Å². The van der Waals surface area contributed by atoms with Crippen LogP contribution in [0.2, 0.25) is 0 Å². The zero-order chi connectivity index (χ0) is 20.0. The van der Waals surface area contributed by atoms with E-state index in [1.54, 1.807) is 0 Å².